The van der Waals surface area contributed by atoms with Gasteiger partial charge in [-0.25, -0.2) is 0 Å². The number of β-lactam (4-membered cyclic amide) rings is 1. The van der Waals surface area contributed by atoms with E-state index in [-0.39, 0.29) is 24.8 Å². The molecule has 0 saturated carbocycles. The van der Waals surface area contributed by atoms with E-state index in [4.69, 9.17) is 30.5 Å². The van der Waals surface area contributed by atoms with E-state index in [9.17, 15) is 4.79 Å². The van der Waals surface area contributed by atoms with Gasteiger partial charge in [-0.05, 0) is 54.8 Å². The molecule has 2 aromatic carbocycles. The van der Waals surface area contributed by atoms with Gasteiger partial charge in [-0.15, -0.1) is 0 Å². The average molecular weight is 402 g/mol. The van der Waals surface area contributed by atoms with Gasteiger partial charge in [-0.3, -0.25) is 4.79 Å². The minimum absolute atomic E-state index is 0.0342. The van der Waals surface area contributed by atoms with Gasteiger partial charge < -0.3 is 23.8 Å². The second-order valence-corrected chi connectivity index (χ2v) is 7.61. The Kier molecular flexibility index (Phi) is 4.53. The van der Waals surface area contributed by atoms with Gasteiger partial charge >= 0.3 is 0 Å². The third-order valence-corrected chi connectivity index (χ3v) is 5.64. The van der Waals surface area contributed by atoms with Crippen molar-refractivity contribution in [1.29, 1.82) is 0 Å². The summed E-state index contributed by atoms with van der Waals surface area (Å²) in [6.45, 7) is 1.54. The van der Waals surface area contributed by atoms with Crippen molar-refractivity contribution in [1.82, 2.24) is 4.90 Å². The van der Waals surface area contributed by atoms with Crippen LogP contribution >= 0.6 is 11.6 Å². The van der Waals surface area contributed by atoms with E-state index in [2.05, 4.69) is 0 Å². The first-order chi connectivity index (χ1) is 13.7. The lowest BCUT2D eigenvalue weighted by Crippen LogP contribution is -2.62. The number of nitrogens with zero attached hydrogens (tertiary/aromatic N) is 1. The summed E-state index contributed by atoms with van der Waals surface area (Å²) in [6, 6.07) is 12.6. The predicted octanol–water partition coefficient (Wildman–Crippen LogP) is 3.58. The minimum Gasteiger partial charge on any atom is -0.478 e. The van der Waals surface area contributed by atoms with E-state index < -0.39 is 6.10 Å². The van der Waals surface area contributed by atoms with Crippen molar-refractivity contribution in [3.63, 3.8) is 0 Å². The Morgan fingerprint density at radius 2 is 1.93 bits per heavy atom. The van der Waals surface area contributed by atoms with E-state index in [1.54, 1.807) is 24.3 Å². The molecule has 0 bridgehead atoms. The number of benzene rings is 2. The second-order valence-electron chi connectivity index (χ2n) is 7.18. The minimum atomic E-state index is -0.594. The van der Waals surface area contributed by atoms with Gasteiger partial charge in [-0.1, -0.05) is 17.7 Å². The molecule has 0 aromatic heterocycles. The fraction of sp³-hybridized carbons (Fsp3) is 0.381. The number of rotatable bonds is 5. The van der Waals surface area contributed by atoms with Crippen molar-refractivity contribution in [3.8, 4) is 17.2 Å². The van der Waals surface area contributed by atoms with Crippen molar-refractivity contribution >= 4 is 17.5 Å². The fourth-order valence-electron chi connectivity index (χ4n) is 3.95. The first-order valence-electron chi connectivity index (χ1n) is 9.43. The Labute approximate surface area is 167 Å². The fourth-order valence-corrected chi connectivity index (χ4v) is 4.08. The molecule has 3 aliphatic rings. The van der Waals surface area contributed by atoms with Crippen molar-refractivity contribution in [3.05, 3.63) is 53.1 Å². The van der Waals surface area contributed by atoms with E-state index >= 15 is 0 Å². The maximum Gasteiger partial charge on any atom is 0.266 e. The standard InChI is InChI=1S/C21H20ClNO5/c22-14-4-6-15(7-5-14)28-20-19(13-3-8-17-18(10-13)27-12-26-17)23(21(20)24)11-16-2-1-9-25-16/h3-8,10,16,19-20H,1-2,9,11-12H2/t16-,19-,20+/m0/s1. The van der Waals surface area contributed by atoms with Crippen LogP contribution in [0.5, 0.6) is 17.2 Å². The summed E-state index contributed by atoms with van der Waals surface area (Å²) in [4.78, 5) is 14.7. The molecule has 0 unspecified atom stereocenters. The summed E-state index contributed by atoms with van der Waals surface area (Å²) in [7, 11) is 0. The number of amides is 1. The highest BCUT2D eigenvalue weighted by Crippen LogP contribution is 2.42. The smallest absolute Gasteiger partial charge is 0.266 e. The third-order valence-electron chi connectivity index (χ3n) is 5.39. The average Bonchev–Trinajstić information content (AvgIpc) is 3.39. The van der Waals surface area contributed by atoms with Gasteiger partial charge in [0.25, 0.3) is 5.91 Å². The maximum absolute atomic E-state index is 12.9. The van der Waals surface area contributed by atoms with E-state index in [0.717, 1.165) is 30.8 Å². The molecule has 0 N–H and O–H groups in total. The highest BCUT2D eigenvalue weighted by molar-refractivity contribution is 6.30. The molecular weight excluding hydrogens is 382 g/mol. The summed E-state index contributed by atoms with van der Waals surface area (Å²) in [5, 5.41) is 0.625. The lowest BCUT2D eigenvalue weighted by atomic mass is 9.89. The maximum atomic E-state index is 12.9. The number of halogens is 1. The number of likely N-dealkylation sites (tertiary alicyclic amines) is 1. The number of ether oxygens (including phenoxy) is 4. The second kappa shape index (κ2) is 7.18. The van der Waals surface area contributed by atoms with E-state index in [0.29, 0.717) is 23.1 Å². The molecule has 0 radical (unpaired) electrons. The molecule has 3 atom stereocenters. The SMILES string of the molecule is O=C1[C@H](Oc2ccc(Cl)cc2)[C@H](c2ccc3c(c2)OCO3)N1C[C@@H]1CCCO1. The first-order valence-corrected chi connectivity index (χ1v) is 9.81. The predicted molar refractivity (Wildman–Crippen MR) is 102 cm³/mol. The zero-order valence-corrected chi connectivity index (χ0v) is 15.9. The molecule has 0 aliphatic carbocycles. The third kappa shape index (κ3) is 3.16. The van der Waals surface area contributed by atoms with Crippen molar-refractivity contribution in [2.75, 3.05) is 19.9 Å². The van der Waals surface area contributed by atoms with Crippen molar-refractivity contribution < 1.29 is 23.7 Å². The number of fused-ring (bicyclic) bond motifs is 1. The molecule has 2 aromatic rings. The molecule has 3 heterocycles. The quantitative estimate of drug-likeness (QED) is 0.717. The monoisotopic (exact) mass is 401 g/mol. The molecule has 2 fully saturated rings. The summed E-state index contributed by atoms with van der Waals surface area (Å²) < 4.78 is 22.7. The molecule has 28 heavy (non-hydrogen) atoms. The van der Waals surface area contributed by atoms with Crippen LogP contribution in [0.3, 0.4) is 0 Å². The van der Waals surface area contributed by atoms with Crippen LogP contribution in [0.1, 0.15) is 24.4 Å². The molecule has 2 saturated heterocycles. The Hall–Kier alpha value is -2.44. The van der Waals surface area contributed by atoms with Crippen LogP contribution in [0.2, 0.25) is 5.02 Å². The molecule has 1 amide bonds. The molecular formula is C21H20ClNO5. The van der Waals surface area contributed by atoms with Crippen LogP contribution in [-0.4, -0.2) is 43.0 Å². The largest absolute Gasteiger partial charge is 0.478 e. The van der Waals surface area contributed by atoms with Crippen LogP contribution < -0.4 is 14.2 Å². The zero-order chi connectivity index (χ0) is 19.1. The van der Waals surface area contributed by atoms with Gasteiger partial charge in [-0.2, -0.15) is 0 Å². The highest BCUT2D eigenvalue weighted by Gasteiger charge is 2.51. The Balaban J connectivity index is 1.41. The normalized spacial score (nSPS) is 25.7. The van der Waals surface area contributed by atoms with Gasteiger partial charge in [0.2, 0.25) is 12.9 Å². The molecule has 5 rings (SSSR count). The summed E-state index contributed by atoms with van der Waals surface area (Å²) in [6.07, 6.45) is 1.49. The van der Waals surface area contributed by atoms with Crippen LogP contribution in [0.25, 0.3) is 0 Å². The summed E-state index contributed by atoms with van der Waals surface area (Å²) >= 11 is 5.95. The van der Waals surface area contributed by atoms with Crippen LogP contribution in [-0.2, 0) is 9.53 Å². The summed E-state index contributed by atoms with van der Waals surface area (Å²) in [5.41, 5.74) is 0.959. The molecule has 0 spiro atoms. The molecule has 6 nitrogen and oxygen atoms in total. The lowest BCUT2D eigenvalue weighted by molar-refractivity contribution is -0.167. The number of carbonyl (C=O) groups excluding carboxylic acids is 1. The molecule has 3 aliphatic heterocycles. The Morgan fingerprint density at radius 1 is 1.11 bits per heavy atom. The summed E-state index contributed by atoms with van der Waals surface area (Å²) in [5.74, 6) is 1.99. The number of hydrogen-bond donors (Lipinski definition) is 0. The number of carbonyl (C=O) groups is 1. The first kappa shape index (κ1) is 17.6. The van der Waals surface area contributed by atoms with Gasteiger partial charge in [0.1, 0.15) is 11.8 Å². The van der Waals surface area contributed by atoms with Crippen LogP contribution in [0.4, 0.5) is 0 Å². The van der Waals surface area contributed by atoms with Crippen molar-refractivity contribution in [2.24, 2.45) is 0 Å². The Morgan fingerprint density at radius 3 is 2.71 bits per heavy atom. The van der Waals surface area contributed by atoms with Gasteiger partial charge in [0.15, 0.2) is 11.5 Å². The highest BCUT2D eigenvalue weighted by atomic mass is 35.5. The zero-order valence-electron chi connectivity index (χ0n) is 15.2. The van der Waals surface area contributed by atoms with Gasteiger partial charge in [0.05, 0.1) is 6.10 Å². The van der Waals surface area contributed by atoms with E-state index in [1.807, 2.05) is 23.1 Å². The molecule has 7 heteroatoms. The topological polar surface area (TPSA) is 57.2 Å². The molecule has 146 valence electrons. The lowest BCUT2D eigenvalue weighted by Gasteiger charge is -2.47. The van der Waals surface area contributed by atoms with Crippen molar-refractivity contribution in [2.45, 2.75) is 31.1 Å². The van der Waals surface area contributed by atoms with E-state index in [1.165, 1.54) is 0 Å². The van der Waals surface area contributed by atoms with Gasteiger partial charge in [0, 0.05) is 18.2 Å². The van der Waals surface area contributed by atoms with Crippen LogP contribution in [0, 0.1) is 0 Å². The number of hydrogen-bond acceptors (Lipinski definition) is 5. The van der Waals surface area contributed by atoms with Crippen LogP contribution in [0.15, 0.2) is 42.5 Å². The Bertz CT molecular complexity index is 881.